The number of hydrogen-bond donors (Lipinski definition) is 1. The van der Waals surface area contributed by atoms with Gasteiger partial charge in [-0.15, -0.1) is 0 Å². The molecule has 1 heterocycles. The third-order valence-electron chi connectivity index (χ3n) is 2.36. The van der Waals surface area contributed by atoms with Crippen molar-refractivity contribution in [2.24, 2.45) is 0 Å². The van der Waals surface area contributed by atoms with Crippen molar-refractivity contribution in [2.45, 2.75) is 20.0 Å². The quantitative estimate of drug-likeness (QED) is 0.661. The third kappa shape index (κ3) is 3.09. The van der Waals surface area contributed by atoms with Crippen LogP contribution in [0.4, 0.5) is 0 Å². The van der Waals surface area contributed by atoms with Crippen LogP contribution in [0.15, 0.2) is 0 Å². The molecule has 12 heavy (non-hydrogen) atoms. The Balaban J connectivity index is 2.18. The summed E-state index contributed by atoms with van der Waals surface area (Å²) in [6.07, 6.45) is 0.402. The van der Waals surface area contributed by atoms with Crippen molar-refractivity contribution >= 4 is 0 Å². The van der Waals surface area contributed by atoms with Crippen LogP contribution < -0.4 is 5.32 Å². The third-order valence-corrected chi connectivity index (χ3v) is 2.36. The smallest absolute Gasteiger partial charge is 0.0826 e. The average Bonchev–Trinajstić information content (AvgIpc) is 2.16. The molecule has 0 saturated carbocycles. The molecule has 0 aromatic heterocycles. The van der Waals surface area contributed by atoms with Crippen LogP contribution in [0.25, 0.3) is 0 Å². The lowest BCUT2D eigenvalue weighted by Gasteiger charge is -2.28. The van der Waals surface area contributed by atoms with E-state index < -0.39 is 0 Å². The fourth-order valence-electron chi connectivity index (χ4n) is 1.51. The van der Waals surface area contributed by atoms with E-state index in [0.717, 1.165) is 39.3 Å². The van der Waals surface area contributed by atoms with E-state index in [2.05, 4.69) is 24.1 Å². The molecule has 1 saturated heterocycles. The molecule has 0 amide bonds. The molecule has 0 aromatic rings. The number of morpholine rings is 1. The van der Waals surface area contributed by atoms with Crippen molar-refractivity contribution in [3.63, 3.8) is 0 Å². The minimum Gasteiger partial charge on any atom is -0.374 e. The van der Waals surface area contributed by atoms with Gasteiger partial charge < -0.3 is 15.0 Å². The van der Waals surface area contributed by atoms with Gasteiger partial charge in [-0.2, -0.15) is 0 Å². The molecular formula is C9H20N2O. The second kappa shape index (κ2) is 5.51. The maximum atomic E-state index is 5.61. The van der Waals surface area contributed by atoms with E-state index in [4.69, 9.17) is 4.74 Å². The summed E-state index contributed by atoms with van der Waals surface area (Å²) in [7, 11) is 0. The van der Waals surface area contributed by atoms with Crippen molar-refractivity contribution in [1.82, 2.24) is 10.2 Å². The van der Waals surface area contributed by atoms with Crippen molar-refractivity contribution in [1.29, 1.82) is 0 Å². The fourth-order valence-corrected chi connectivity index (χ4v) is 1.51. The van der Waals surface area contributed by atoms with E-state index in [1.54, 1.807) is 0 Å². The summed E-state index contributed by atoms with van der Waals surface area (Å²) in [5.41, 5.74) is 0. The molecule has 0 unspecified atom stereocenters. The highest BCUT2D eigenvalue weighted by Crippen LogP contribution is 1.99. The molecule has 0 radical (unpaired) electrons. The molecule has 0 aromatic carbocycles. The first-order valence-electron chi connectivity index (χ1n) is 4.91. The number of hydrogen-bond acceptors (Lipinski definition) is 3. The van der Waals surface area contributed by atoms with E-state index in [9.17, 15) is 0 Å². The van der Waals surface area contributed by atoms with Gasteiger partial charge in [-0.05, 0) is 13.1 Å². The molecule has 3 nitrogen and oxygen atoms in total. The van der Waals surface area contributed by atoms with Gasteiger partial charge in [-0.25, -0.2) is 0 Å². The van der Waals surface area contributed by atoms with E-state index in [-0.39, 0.29) is 0 Å². The molecule has 0 aliphatic carbocycles. The predicted molar refractivity (Wildman–Crippen MR) is 50.4 cm³/mol. The Hall–Kier alpha value is -0.120. The molecule has 0 spiro atoms. The van der Waals surface area contributed by atoms with Crippen LogP contribution in [0.2, 0.25) is 0 Å². The van der Waals surface area contributed by atoms with Gasteiger partial charge in [-0.3, -0.25) is 0 Å². The zero-order chi connectivity index (χ0) is 8.81. The number of likely N-dealkylation sites (N-methyl/N-ethyl adjacent to an activating group) is 1. The zero-order valence-corrected chi connectivity index (χ0v) is 8.18. The SMILES string of the molecule is CCN(CC)C[C@@H]1CNCCO1. The Morgan fingerprint density at radius 1 is 1.42 bits per heavy atom. The van der Waals surface area contributed by atoms with Gasteiger partial charge in [-0.1, -0.05) is 13.8 Å². The second-order valence-corrected chi connectivity index (χ2v) is 3.18. The van der Waals surface area contributed by atoms with E-state index in [1.807, 2.05) is 0 Å². The Labute approximate surface area is 75.1 Å². The predicted octanol–water partition coefficient (Wildman–Crippen LogP) is 0.317. The number of nitrogens with zero attached hydrogens (tertiary/aromatic N) is 1. The maximum Gasteiger partial charge on any atom is 0.0826 e. The van der Waals surface area contributed by atoms with Gasteiger partial charge in [0.2, 0.25) is 0 Å². The zero-order valence-electron chi connectivity index (χ0n) is 8.18. The summed E-state index contributed by atoms with van der Waals surface area (Å²) in [5.74, 6) is 0. The molecule has 1 fully saturated rings. The standard InChI is InChI=1S/C9H20N2O/c1-3-11(4-2)8-9-7-10-5-6-12-9/h9-10H,3-8H2,1-2H3/t9-/m0/s1. The Bertz CT molecular complexity index is 109. The van der Waals surface area contributed by atoms with Crippen LogP contribution in [0.1, 0.15) is 13.8 Å². The second-order valence-electron chi connectivity index (χ2n) is 3.18. The monoisotopic (exact) mass is 172 g/mol. The van der Waals surface area contributed by atoms with Gasteiger partial charge in [0.05, 0.1) is 12.7 Å². The fraction of sp³-hybridized carbons (Fsp3) is 1.00. The number of ether oxygens (including phenoxy) is 1. The molecule has 1 N–H and O–H groups in total. The Morgan fingerprint density at radius 3 is 2.67 bits per heavy atom. The largest absolute Gasteiger partial charge is 0.374 e. The first-order chi connectivity index (χ1) is 5.86. The molecule has 0 bridgehead atoms. The lowest BCUT2D eigenvalue weighted by atomic mass is 10.3. The molecule has 72 valence electrons. The molecule has 1 atom stereocenters. The van der Waals surface area contributed by atoms with Gasteiger partial charge in [0.25, 0.3) is 0 Å². The van der Waals surface area contributed by atoms with Crippen LogP contribution in [-0.2, 0) is 4.74 Å². The van der Waals surface area contributed by atoms with Crippen LogP contribution >= 0.6 is 0 Å². The number of rotatable bonds is 4. The summed E-state index contributed by atoms with van der Waals surface area (Å²) in [6.45, 7) is 10.6. The van der Waals surface area contributed by atoms with Crippen molar-refractivity contribution < 1.29 is 4.74 Å². The lowest BCUT2D eigenvalue weighted by Crippen LogP contribution is -2.45. The van der Waals surface area contributed by atoms with Gasteiger partial charge in [0.1, 0.15) is 0 Å². The van der Waals surface area contributed by atoms with Crippen LogP contribution in [0, 0.1) is 0 Å². The normalized spacial score (nSPS) is 24.8. The molecule has 1 aliphatic rings. The lowest BCUT2D eigenvalue weighted by molar-refractivity contribution is 0.00735. The molecular weight excluding hydrogens is 152 g/mol. The highest BCUT2D eigenvalue weighted by Gasteiger charge is 2.15. The Morgan fingerprint density at radius 2 is 2.17 bits per heavy atom. The minimum atomic E-state index is 0.402. The number of nitrogens with one attached hydrogen (secondary N) is 1. The minimum absolute atomic E-state index is 0.402. The summed E-state index contributed by atoms with van der Waals surface area (Å²) < 4.78 is 5.61. The van der Waals surface area contributed by atoms with Gasteiger partial charge in [0.15, 0.2) is 0 Å². The summed E-state index contributed by atoms with van der Waals surface area (Å²) in [5, 5.41) is 3.34. The van der Waals surface area contributed by atoms with E-state index >= 15 is 0 Å². The van der Waals surface area contributed by atoms with Crippen LogP contribution in [0.5, 0.6) is 0 Å². The van der Waals surface area contributed by atoms with Gasteiger partial charge >= 0.3 is 0 Å². The summed E-state index contributed by atoms with van der Waals surface area (Å²) >= 11 is 0. The average molecular weight is 172 g/mol. The highest BCUT2D eigenvalue weighted by atomic mass is 16.5. The molecule has 3 heteroatoms. The first kappa shape index (κ1) is 9.96. The highest BCUT2D eigenvalue weighted by molar-refractivity contribution is 4.70. The Kier molecular flexibility index (Phi) is 4.58. The van der Waals surface area contributed by atoms with Crippen LogP contribution in [-0.4, -0.2) is 50.3 Å². The van der Waals surface area contributed by atoms with Crippen molar-refractivity contribution in [3.8, 4) is 0 Å². The van der Waals surface area contributed by atoms with Crippen molar-refractivity contribution in [3.05, 3.63) is 0 Å². The topological polar surface area (TPSA) is 24.5 Å². The van der Waals surface area contributed by atoms with E-state index in [1.165, 1.54) is 0 Å². The van der Waals surface area contributed by atoms with E-state index in [0.29, 0.717) is 6.10 Å². The van der Waals surface area contributed by atoms with Gasteiger partial charge in [0, 0.05) is 19.6 Å². The molecule has 1 rings (SSSR count). The van der Waals surface area contributed by atoms with Crippen molar-refractivity contribution in [2.75, 3.05) is 39.3 Å². The summed E-state index contributed by atoms with van der Waals surface area (Å²) in [6, 6.07) is 0. The maximum absolute atomic E-state index is 5.61. The first-order valence-corrected chi connectivity index (χ1v) is 4.91. The molecule has 1 aliphatic heterocycles. The van der Waals surface area contributed by atoms with Crippen LogP contribution in [0.3, 0.4) is 0 Å². The summed E-state index contributed by atoms with van der Waals surface area (Å²) in [4.78, 5) is 2.40.